The number of likely N-dealkylation sites (N-methyl/N-ethyl adjacent to an activating group) is 1. The van der Waals surface area contributed by atoms with E-state index in [0.717, 1.165) is 48.9 Å². The molecule has 2 heterocycles. The van der Waals surface area contributed by atoms with Gasteiger partial charge in [0.2, 0.25) is 0 Å². The Hall–Kier alpha value is -1.75. The number of carbonyl (C=O) groups is 1. The van der Waals surface area contributed by atoms with E-state index in [1.807, 2.05) is 14.0 Å². The number of fused-ring (bicyclic) bond motifs is 1. The largest absolute Gasteiger partial charge is 0.479 e. The van der Waals surface area contributed by atoms with E-state index in [-0.39, 0.29) is 12.5 Å². The fraction of sp³-hybridized carbons (Fsp3) is 0.533. The summed E-state index contributed by atoms with van der Waals surface area (Å²) in [5.74, 6) is 0.877. The summed E-state index contributed by atoms with van der Waals surface area (Å²) in [5, 5.41) is 3.36. The lowest BCUT2D eigenvalue weighted by Gasteiger charge is -2.36. The lowest BCUT2D eigenvalue weighted by atomic mass is 10.0. The molecular weight excluding hydrogens is 254 g/mol. The van der Waals surface area contributed by atoms with Gasteiger partial charge in [0.25, 0.3) is 5.91 Å². The molecule has 2 aliphatic heterocycles. The average Bonchev–Trinajstić information content (AvgIpc) is 2.43. The molecule has 0 radical (unpaired) electrons. The van der Waals surface area contributed by atoms with Crippen molar-refractivity contribution in [1.29, 1.82) is 0 Å². The van der Waals surface area contributed by atoms with Crippen molar-refractivity contribution in [2.24, 2.45) is 0 Å². The van der Waals surface area contributed by atoms with Crippen LogP contribution in [-0.2, 0) is 4.79 Å². The number of benzene rings is 1. The summed E-state index contributed by atoms with van der Waals surface area (Å²) >= 11 is 0. The number of piperazine rings is 1. The summed E-state index contributed by atoms with van der Waals surface area (Å²) in [6.07, 6.45) is 0. The van der Waals surface area contributed by atoms with Crippen LogP contribution in [0.15, 0.2) is 6.07 Å². The normalized spacial score (nSPS) is 18.9. The Morgan fingerprint density at radius 2 is 1.80 bits per heavy atom. The molecule has 1 aromatic rings. The lowest BCUT2D eigenvalue weighted by molar-refractivity contribution is -0.120. The standard InChI is InChI=1S/C15H21N3O2/c1-10-8-11(2)14(18-6-4-16-5-7-18)15-13(10)17(3)12(19)9-20-15/h8,16H,4-7,9H2,1-3H3. The van der Waals surface area contributed by atoms with Crippen LogP contribution in [0.3, 0.4) is 0 Å². The summed E-state index contributed by atoms with van der Waals surface area (Å²) < 4.78 is 5.80. The number of hydrogen-bond acceptors (Lipinski definition) is 4. The molecule has 5 nitrogen and oxygen atoms in total. The highest BCUT2D eigenvalue weighted by molar-refractivity contribution is 6.00. The molecule has 1 N–H and O–H groups in total. The zero-order valence-electron chi connectivity index (χ0n) is 12.3. The number of rotatable bonds is 1. The van der Waals surface area contributed by atoms with E-state index < -0.39 is 0 Å². The maximum absolute atomic E-state index is 11.9. The predicted octanol–water partition coefficient (Wildman–Crippen LogP) is 1.07. The van der Waals surface area contributed by atoms with Gasteiger partial charge in [-0.05, 0) is 25.0 Å². The van der Waals surface area contributed by atoms with Crippen molar-refractivity contribution in [3.63, 3.8) is 0 Å². The molecule has 5 heteroatoms. The van der Waals surface area contributed by atoms with Crippen LogP contribution >= 0.6 is 0 Å². The quantitative estimate of drug-likeness (QED) is 0.832. The van der Waals surface area contributed by atoms with Crippen molar-refractivity contribution in [2.45, 2.75) is 13.8 Å². The fourth-order valence-corrected chi connectivity index (χ4v) is 3.12. The average molecular weight is 275 g/mol. The van der Waals surface area contributed by atoms with Crippen LogP contribution in [-0.4, -0.2) is 45.7 Å². The van der Waals surface area contributed by atoms with E-state index in [4.69, 9.17) is 4.74 Å². The number of anilines is 2. The second-order valence-corrected chi connectivity index (χ2v) is 5.52. The van der Waals surface area contributed by atoms with Crippen LogP contribution in [0, 0.1) is 13.8 Å². The van der Waals surface area contributed by atoms with Gasteiger partial charge in [0.05, 0.1) is 11.4 Å². The second kappa shape index (κ2) is 4.98. The fourth-order valence-electron chi connectivity index (χ4n) is 3.12. The van der Waals surface area contributed by atoms with Crippen molar-refractivity contribution in [3.8, 4) is 5.75 Å². The Labute approximate surface area is 119 Å². The summed E-state index contributed by atoms with van der Waals surface area (Å²) in [6, 6.07) is 2.15. The van der Waals surface area contributed by atoms with E-state index >= 15 is 0 Å². The molecule has 1 aromatic carbocycles. The third kappa shape index (κ3) is 2.02. The molecule has 0 aromatic heterocycles. The van der Waals surface area contributed by atoms with Crippen LogP contribution in [0.25, 0.3) is 0 Å². The summed E-state index contributed by atoms with van der Waals surface area (Å²) in [5.41, 5.74) is 4.37. The van der Waals surface area contributed by atoms with Crippen LogP contribution in [0.4, 0.5) is 11.4 Å². The molecule has 1 saturated heterocycles. The first-order valence-corrected chi connectivity index (χ1v) is 7.09. The van der Waals surface area contributed by atoms with Crippen molar-refractivity contribution >= 4 is 17.3 Å². The molecule has 2 aliphatic rings. The van der Waals surface area contributed by atoms with Gasteiger partial charge in [-0.2, -0.15) is 0 Å². The molecule has 1 fully saturated rings. The molecule has 1 amide bonds. The topological polar surface area (TPSA) is 44.8 Å². The third-order valence-corrected chi connectivity index (χ3v) is 4.09. The lowest BCUT2D eigenvalue weighted by Crippen LogP contribution is -2.44. The minimum Gasteiger partial charge on any atom is -0.479 e. The van der Waals surface area contributed by atoms with E-state index in [9.17, 15) is 4.79 Å². The van der Waals surface area contributed by atoms with Crippen LogP contribution < -0.4 is 19.9 Å². The first kappa shape index (κ1) is 13.2. The van der Waals surface area contributed by atoms with Crippen LogP contribution in [0.5, 0.6) is 5.75 Å². The van der Waals surface area contributed by atoms with Gasteiger partial charge < -0.3 is 19.9 Å². The van der Waals surface area contributed by atoms with E-state index in [1.165, 1.54) is 5.56 Å². The van der Waals surface area contributed by atoms with Gasteiger partial charge in [-0.3, -0.25) is 4.79 Å². The van der Waals surface area contributed by atoms with E-state index in [2.05, 4.69) is 23.2 Å². The Balaban J connectivity index is 2.12. The van der Waals surface area contributed by atoms with Crippen molar-refractivity contribution < 1.29 is 9.53 Å². The molecule has 3 rings (SSSR count). The maximum Gasteiger partial charge on any atom is 0.264 e. The number of nitrogens with one attached hydrogen (secondary N) is 1. The molecule has 108 valence electrons. The Morgan fingerprint density at radius 3 is 2.50 bits per heavy atom. The Kier molecular flexibility index (Phi) is 3.30. The monoisotopic (exact) mass is 275 g/mol. The summed E-state index contributed by atoms with van der Waals surface area (Å²) in [4.78, 5) is 15.9. The van der Waals surface area contributed by atoms with Gasteiger partial charge in [0.15, 0.2) is 12.4 Å². The molecule has 0 atom stereocenters. The molecule has 0 spiro atoms. The Bertz CT molecular complexity index is 551. The smallest absolute Gasteiger partial charge is 0.264 e. The number of hydrogen-bond donors (Lipinski definition) is 1. The van der Waals surface area contributed by atoms with Gasteiger partial charge in [-0.15, -0.1) is 0 Å². The number of nitrogens with zero attached hydrogens (tertiary/aromatic N) is 2. The maximum atomic E-state index is 11.9. The van der Waals surface area contributed by atoms with Crippen molar-refractivity contribution in [1.82, 2.24) is 5.32 Å². The molecule has 0 aliphatic carbocycles. The van der Waals surface area contributed by atoms with Crippen LogP contribution in [0.2, 0.25) is 0 Å². The van der Waals surface area contributed by atoms with Gasteiger partial charge >= 0.3 is 0 Å². The minimum atomic E-state index is 0.00992. The van der Waals surface area contributed by atoms with Gasteiger partial charge in [-0.1, -0.05) is 6.07 Å². The number of carbonyl (C=O) groups excluding carboxylic acids is 1. The summed E-state index contributed by atoms with van der Waals surface area (Å²) in [7, 11) is 1.83. The van der Waals surface area contributed by atoms with Crippen molar-refractivity contribution in [2.75, 3.05) is 49.6 Å². The molecule has 0 bridgehead atoms. The zero-order chi connectivity index (χ0) is 14.3. The zero-order valence-corrected chi connectivity index (χ0v) is 12.3. The number of amides is 1. The second-order valence-electron chi connectivity index (χ2n) is 5.52. The summed E-state index contributed by atoms with van der Waals surface area (Å²) in [6.45, 7) is 8.18. The first-order valence-electron chi connectivity index (χ1n) is 7.09. The molecule has 0 unspecified atom stereocenters. The predicted molar refractivity (Wildman–Crippen MR) is 79.9 cm³/mol. The molecule has 0 saturated carbocycles. The molecule has 20 heavy (non-hydrogen) atoms. The number of aryl methyl sites for hydroxylation is 2. The van der Waals surface area contributed by atoms with Gasteiger partial charge in [-0.25, -0.2) is 0 Å². The third-order valence-electron chi connectivity index (χ3n) is 4.09. The van der Waals surface area contributed by atoms with E-state index in [1.54, 1.807) is 4.90 Å². The van der Waals surface area contributed by atoms with Crippen LogP contribution in [0.1, 0.15) is 11.1 Å². The highest BCUT2D eigenvalue weighted by Crippen LogP contribution is 2.44. The van der Waals surface area contributed by atoms with E-state index in [0.29, 0.717) is 0 Å². The highest BCUT2D eigenvalue weighted by atomic mass is 16.5. The molecular formula is C15H21N3O2. The minimum absolute atomic E-state index is 0.00992. The highest BCUT2D eigenvalue weighted by Gasteiger charge is 2.30. The SMILES string of the molecule is Cc1cc(C)c2c(c1N1CCNCC1)OCC(=O)N2C. The Morgan fingerprint density at radius 1 is 1.15 bits per heavy atom. The van der Waals surface area contributed by atoms with Gasteiger partial charge in [0, 0.05) is 33.2 Å². The number of ether oxygens (including phenoxy) is 1. The first-order chi connectivity index (χ1) is 9.59. The van der Waals surface area contributed by atoms with Crippen molar-refractivity contribution in [3.05, 3.63) is 17.2 Å². The van der Waals surface area contributed by atoms with Gasteiger partial charge in [0.1, 0.15) is 0 Å².